The Morgan fingerprint density at radius 2 is 1.90 bits per heavy atom. The maximum absolute atomic E-state index is 11.8. The van der Waals surface area contributed by atoms with E-state index in [0.717, 1.165) is 55.4 Å². The fraction of sp³-hybridized carbons (Fsp3) is 0.409. The maximum atomic E-state index is 11.8. The topological polar surface area (TPSA) is 79.8 Å². The third-order valence-electron chi connectivity index (χ3n) is 4.86. The molecule has 0 saturated carbocycles. The Kier molecular flexibility index (Phi) is 8.96. The van der Waals surface area contributed by atoms with E-state index in [9.17, 15) is 8.42 Å². The zero-order valence-corrected chi connectivity index (χ0v) is 20.8. The Balaban J connectivity index is 0.00000320. The number of guanidine groups is 1. The second-order valence-electron chi connectivity index (χ2n) is 7.28. The summed E-state index contributed by atoms with van der Waals surface area (Å²) in [4.78, 5) is 5.00. The molecular weight excluding hydrogens is 513 g/mol. The fourth-order valence-corrected chi connectivity index (χ4v) is 4.42. The Labute approximate surface area is 196 Å². The highest BCUT2D eigenvalue weighted by Gasteiger charge is 2.12. The second kappa shape index (κ2) is 11.0. The van der Waals surface area contributed by atoms with Crippen molar-refractivity contribution in [1.82, 2.24) is 10.6 Å². The highest BCUT2D eigenvalue weighted by Crippen LogP contribution is 2.25. The molecule has 6 nitrogen and oxygen atoms in total. The number of halogens is 1. The molecule has 30 heavy (non-hydrogen) atoms. The Hall–Kier alpha value is -1.81. The average Bonchev–Trinajstić information content (AvgIpc) is 3.13. The molecule has 1 aliphatic rings. The lowest BCUT2D eigenvalue weighted by Crippen LogP contribution is -2.38. The van der Waals surface area contributed by atoms with E-state index in [1.165, 1.54) is 17.4 Å². The standard InChI is InChI=1S/C22H29N3O3S.HI/c1-4-23-22(24-11-9-17-5-7-20-19(14-17)10-12-28-20)25-15-18-6-8-21(16(2)13-18)29(3,26)27;/h5-8,13-14H,4,9-12,15H2,1-3H3,(H2,23,24,25);1H. The number of ether oxygens (including phenoxy) is 1. The van der Waals surface area contributed by atoms with Crippen LogP contribution in [0.3, 0.4) is 0 Å². The highest BCUT2D eigenvalue weighted by molar-refractivity contribution is 14.0. The van der Waals surface area contributed by atoms with E-state index in [1.54, 1.807) is 6.07 Å². The summed E-state index contributed by atoms with van der Waals surface area (Å²) < 4.78 is 29.1. The van der Waals surface area contributed by atoms with Gasteiger partial charge in [0.1, 0.15) is 5.75 Å². The molecule has 2 N–H and O–H groups in total. The lowest BCUT2D eigenvalue weighted by atomic mass is 10.1. The molecular formula is C22H30IN3O3S. The van der Waals surface area contributed by atoms with E-state index in [1.807, 2.05) is 26.0 Å². The van der Waals surface area contributed by atoms with Crippen LogP contribution in [0.2, 0.25) is 0 Å². The number of aryl methyl sites for hydroxylation is 1. The second-order valence-corrected chi connectivity index (χ2v) is 9.27. The largest absolute Gasteiger partial charge is 0.493 e. The third-order valence-corrected chi connectivity index (χ3v) is 6.12. The molecule has 0 fully saturated rings. The summed E-state index contributed by atoms with van der Waals surface area (Å²) in [6.45, 7) is 6.65. The molecule has 3 rings (SSSR count). The van der Waals surface area contributed by atoms with Gasteiger partial charge in [-0.05, 0) is 54.7 Å². The minimum Gasteiger partial charge on any atom is -0.493 e. The molecule has 8 heteroatoms. The van der Waals surface area contributed by atoms with E-state index in [4.69, 9.17) is 4.74 Å². The number of fused-ring (bicyclic) bond motifs is 1. The van der Waals surface area contributed by atoms with E-state index in [-0.39, 0.29) is 24.0 Å². The molecule has 1 heterocycles. The summed E-state index contributed by atoms with van der Waals surface area (Å²) in [5.41, 5.74) is 4.30. The van der Waals surface area contributed by atoms with Crippen LogP contribution in [0.1, 0.15) is 29.2 Å². The lowest BCUT2D eigenvalue weighted by molar-refractivity contribution is 0.357. The van der Waals surface area contributed by atoms with Gasteiger partial charge in [0.2, 0.25) is 0 Å². The Morgan fingerprint density at radius 3 is 2.60 bits per heavy atom. The van der Waals surface area contributed by atoms with E-state index >= 15 is 0 Å². The third kappa shape index (κ3) is 6.60. The molecule has 1 aliphatic heterocycles. The zero-order chi connectivity index (χ0) is 20.9. The minimum absolute atomic E-state index is 0. The number of sulfone groups is 1. The van der Waals surface area contributed by atoms with Crippen LogP contribution >= 0.6 is 24.0 Å². The highest BCUT2D eigenvalue weighted by atomic mass is 127. The van der Waals surface area contributed by atoms with Gasteiger partial charge in [0.05, 0.1) is 18.0 Å². The van der Waals surface area contributed by atoms with Gasteiger partial charge < -0.3 is 15.4 Å². The average molecular weight is 543 g/mol. The molecule has 0 amide bonds. The Morgan fingerprint density at radius 1 is 1.13 bits per heavy atom. The van der Waals surface area contributed by atoms with Crippen molar-refractivity contribution >= 4 is 39.8 Å². The van der Waals surface area contributed by atoms with Crippen LogP contribution in [0.4, 0.5) is 0 Å². The zero-order valence-electron chi connectivity index (χ0n) is 17.7. The quantitative estimate of drug-likeness (QED) is 0.319. The van der Waals surface area contributed by atoms with Crippen LogP contribution in [0, 0.1) is 6.92 Å². The van der Waals surface area contributed by atoms with Crippen molar-refractivity contribution in [3.05, 3.63) is 58.7 Å². The molecule has 0 unspecified atom stereocenters. The van der Waals surface area contributed by atoms with Gasteiger partial charge in [-0.15, -0.1) is 24.0 Å². The summed E-state index contributed by atoms with van der Waals surface area (Å²) in [7, 11) is -3.20. The summed E-state index contributed by atoms with van der Waals surface area (Å²) in [6, 6.07) is 11.8. The van der Waals surface area contributed by atoms with Gasteiger partial charge in [0, 0.05) is 25.8 Å². The number of nitrogens with one attached hydrogen (secondary N) is 2. The number of hydrogen-bond acceptors (Lipinski definition) is 4. The van der Waals surface area contributed by atoms with Crippen molar-refractivity contribution in [2.24, 2.45) is 4.99 Å². The summed E-state index contributed by atoms with van der Waals surface area (Å²) in [5.74, 6) is 1.76. The van der Waals surface area contributed by atoms with Crippen LogP contribution in [0.15, 0.2) is 46.3 Å². The molecule has 0 spiro atoms. The SMILES string of the molecule is CCNC(=NCc1ccc(S(C)(=O)=O)c(C)c1)NCCc1ccc2c(c1)CCO2.I. The molecule has 2 aromatic carbocycles. The Bertz CT molecular complexity index is 1010. The predicted molar refractivity (Wildman–Crippen MR) is 132 cm³/mol. The molecule has 2 aromatic rings. The fourth-order valence-electron chi connectivity index (χ4n) is 3.46. The predicted octanol–water partition coefficient (Wildman–Crippen LogP) is 3.25. The smallest absolute Gasteiger partial charge is 0.191 e. The first-order valence-corrected chi connectivity index (χ1v) is 11.8. The van der Waals surface area contributed by atoms with Crippen LogP contribution in [-0.2, 0) is 29.2 Å². The van der Waals surface area contributed by atoms with Crippen LogP contribution in [0.5, 0.6) is 5.75 Å². The number of aliphatic imine (C=N–C) groups is 1. The summed E-state index contributed by atoms with van der Waals surface area (Å²) in [5, 5.41) is 6.62. The first-order chi connectivity index (χ1) is 13.9. The number of nitrogens with zero attached hydrogens (tertiary/aromatic N) is 1. The van der Waals surface area contributed by atoms with Gasteiger partial charge in [-0.3, -0.25) is 0 Å². The lowest BCUT2D eigenvalue weighted by Gasteiger charge is -2.12. The summed E-state index contributed by atoms with van der Waals surface area (Å²) in [6.07, 6.45) is 3.12. The molecule has 0 atom stereocenters. The van der Waals surface area contributed by atoms with Gasteiger partial charge in [-0.1, -0.05) is 24.3 Å². The summed E-state index contributed by atoms with van der Waals surface area (Å²) >= 11 is 0. The van der Waals surface area contributed by atoms with Crippen molar-refractivity contribution in [2.75, 3.05) is 26.0 Å². The monoisotopic (exact) mass is 543 g/mol. The van der Waals surface area contributed by atoms with E-state index < -0.39 is 9.84 Å². The van der Waals surface area contributed by atoms with Gasteiger partial charge in [0.15, 0.2) is 15.8 Å². The molecule has 0 saturated heterocycles. The van der Waals surface area contributed by atoms with Crippen LogP contribution in [-0.4, -0.2) is 40.3 Å². The van der Waals surface area contributed by atoms with Gasteiger partial charge in [-0.2, -0.15) is 0 Å². The van der Waals surface area contributed by atoms with Crippen LogP contribution in [0.25, 0.3) is 0 Å². The van der Waals surface area contributed by atoms with E-state index in [0.29, 0.717) is 11.4 Å². The van der Waals surface area contributed by atoms with Crippen molar-refractivity contribution in [2.45, 2.75) is 38.1 Å². The van der Waals surface area contributed by atoms with E-state index in [2.05, 4.69) is 33.8 Å². The normalized spacial score (nSPS) is 13.2. The van der Waals surface area contributed by atoms with Crippen molar-refractivity contribution in [1.29, 1.82) is 0 Å². The molecule has 0 aliphatic carbocycles. The first kappa shape index (κ1) is 24.5. The molecule has 0 bridgehead atoms. The van der Waals surface area contributed by atoms with Gasteiger partial charge in [0.25, 0.3) is 0 Å². The molecule has 0 radical (unpaired) electrons. The first-order valence-electron chi connectivity index (χ1n) is 9.93. The molecule has 0 aromatic heterocycles. The van der Waals surface area contributed by atoms with Crippen molar-refractivity contribution in [3.63, 3.8) is 0 Å². The number of rotatable bonds is 7. The van der Waals surface area contributed by atoms with Crippen molar-refractivity contribution in [3.8, 4) is 5.75 Å². The number of benzene rings is 2. The minimum atomic E-state index is -3.20. The molecule has 164 valence electrons. The van der Waals surface area contributed by atoms with Crippen LogP contribution < -0.4 is 15.4 Å². The number of hydrogen-bond donors (Lipinski definition) is 2. The van der Waals surface area contributed by atoms with Gasteiger partial charge in [-0.25, -0.2) is 13.4 Å². The van der Waals surface area contributed by atoms with Gasteiger partial charge >= 0.3 is 0 Å². The maximum Gasteiger partial charge on any atom is 0.191 e. The van der Waals surface area contributed by atoms with Crippen molar-refractivity contribution < 1.29 is 13.2 Å².